The lowest BCUT2D eigenvalue weighted by Gasteiger charge is -2.42. The first-order valence-corrected chi connectivity index (χ1v) is 7.84. The Bertz CT molecular complexity index is 524. The van der Waals surface area contributed by atoms with Gasteiger partial charge in [0.1, 0.15) is 12.4 Å². The Morgan fingerprint density at radius 2 is 1.95 bits per heavy atom. The molecule has 1 heterocycles. The highest BCUT2D eigenvalue weighted by atomic mass is 16.6. The number of hydrogen-bond acceptors (Lipinski definition) is 3. The van der Waals surface area contributed by atoms with Crippen LogP contribution in [0, 0.1) is 5.41 Å². The summed E-state index contributed by atoms with van der Waals surface area (Å²) in [6.45, 7) is 6.78. The molecule has 1 atom stereocenters. The highest BCUT2D eigenvalue weighted by Gasteiger charge is 2.36. The highest BCUT2D eigenvalue weighted by Crippen LogP contribution is 2.33. The SMILES string of the molecule is CC(=O)C[C@H]1CCC(C)(C)CN1C(=O)OCc1ccccc1. The second-order valence-electron chi connectivity index (χ2n) is 6.93. The third-order valence-electron chi connectivity index (χ3n) is 4.16. The number of nitrogens with zero attached hydrogens (tertiary/aromatic N) is 1. The number of carbonyl (C=O) groups excluding carboxylic acids is 2. The van der Waals surface area contributed by atoms with E-state index in [9.17, 15) is 9.59 Å². The van der Waals surface area contributed by atoms with Crippen molar-refractivity contribution in [3.05, 3.63) is 35.9 Å². The Kier molecular flexibility index (Phi) is 5.22. The predicted molar refractivity (Wildman–Crippen MR) is 85.4 cm³/mol. The Hall–Kier alpha value is -1.84. The van der Waals surface area contributed by atoms with Gasteiger partial charge in [0, 0.05) is 19.0 Å². The van der Waals surface area contributed by atoms with Crippen LogP contribution in [0.1, 0.15) is 45.6 Å². The van der Waals surface area contributed by atoms with Gasteiger partial charge in [-0.1, -0.05) is 44.2 Å². The molecule has 0 N–H and O–H groups in total. The third kappa shape index (κ3) is 4.58. The van der Waals surface area contributed by atoms with Crippen molar-refractivity contribution in [1.29, 1.82) is 0 Å². The summed E-state index contributed by atoms with van der Waals surface area (Å²) in [5.74, 6) is 0.116. The Morgan fingerprint density at radius 3 is 2.59 bits per heavy atom. The topological polar surface area (TPSA) is 46.6 Å². The third-order valence-corrected chi connectivity index (χ3v) is 4.16. The van der Waals surface area contributed by atoms with Crippen LogP contribution in [0.4, 0.5) is 4.79 Å². The van der Waals surface area contributed by atoms with E-state index in [1.54, 1.807) is 11.8 Å². The van der Waals surface area contributed by atoms with Gasteiger partial charge in [-0.25, -0.2) is 4.79 Å². The van der Waals surface area contributed by atoms with Crippen molar-refractivity contribution in [2.45, 2.75) is 52.7 Å². The zero-order chi connectivity index (χ0) is 16.2. The summed E-state index contributed by atoms with van der Waals surface area (Å²) in [6.07, 6.45) is 1.97. The number of ether oxygens (including phenoxy) is 1. The zero-order valence-corrected chi connectivity index (χ0v) is 13.7. The number of hydrogen-bond donors (Lipinski definition) is 0. The molecule has 2 rings (SSSR count). The molecule has 1 aliphatic heterocycles. The van der Waals surface area contributed by atoms with Crippen LogP contribution < -0.4 is 0 Å². The molecule has 0 saturated carbocycles. The first kappa shape index (κ1) is 16.5. The van der Waals surface area contributed by atoms with Gasteiger partial charge < -0.3 is 9.64 Å². The molecule has 0 unspecified atom stereocenters. The fourth-order valence-electron chi connectivity index (χ4n) is 2.94. The van der Waals surface area contributed by atoms with E-state index in [0.29, 0.717) is 13.0 Å². The maximum absolute atomic E-state index is 12.4. The Balaban J connectivity index is 2.00. The summed E-state index contributed by atoms with van der Waals surface area (Å²) in [5.41, 5.74) is 1.04. The Morgan fingerprint density at radius 1 is 1.27 bits per heavy atom. The zero-order valence-electron chi connectivity index (χ0n) is 13.7. The average molecular weight is 303 g/mol. The minimum Gasteiger partial charge on any atom is -0.445 e. The quantitative estimate of drug-likeness (QED) is 0.850. The first-order valence-electron chi connectivity index (χ1n) is 7.84. The average Bonchev–Trinajstić information content (AvgIpc) is 2.47. The van der Waals surface area contributed by atoms with Gasteiger partial charge in [-0.05, 0) is 30.7 Å². The molecular formula is C18H25NO3. The van der Waals surface area contributed by atoms with Gasteiger partial charge in [0.25, 0.3) is 0 Å². The van der Waals surface area contributed by atoms with E-state index in [2.05, 4.69) is 13.8 Å². The van der Waals surface area contributed by atoms with Gasteiger partial charge >= 0.3 is 6.09 Å². The molecule has 0 radical (unpaired) electrons. The molecule has 0 aliphatic carbocycles. The Labute approximate surface area is 132 Å². The van der Waals surface area contributed by atoms with E-state index in [0.717, 1.165) is 18.4 Å². The van der Waals surface area contributed by atoms with Crippen LogP contribution in [-0.2, 0) is 16.1 Å². The van der Waals surface area contributed by atoms with Gasteiger partial charge in [0.05, 0.1) is 0 Å². The summed E-state index contributed by atoms with van der Waals surface area (Å²) >= 11 is 0. The van der Waals surface area contributed by atoms with Crippen molar-refractivity contribution >= 4 is 11.9 Å². The van der Waals surface area contributed by atoms with E-state index < -0.39 is 0 Å². The van der Waals surface area contributed by atoms with Crippen LogP contribution in [0.5, 0.6) is 0 Å². The van der Waals surface area contributed by atoms with E-state index in [-0.39, 0.29) is 29.9 Å². The minimum atomic E-state index is -0.317. The van der Waals surface area contributed by atoms with Gasteiger partial charge in [-0.2, -0.15) is 0 Å². The number of amides is 1. The van der Waals surface area contributed by atoms with Gasteiger partial charge in [-0.15, -0.1) is 0 Å². The van der Waals surface area contributed by atoms with Crippen LogP contribution in [0.2, 0.25) is 0 Å². The molecule has 0 bridgehead atoms. The lowest BCUT2D eigenvalue weighted by molar-refractivity contribution is -0.118. The molecular weight excluding hydrogens is 278 g/mol. The minimum absolute atomic E-state index is 0.0335. The fraction of sp³-hybridized carbons (Fsp3) is 0.556. The monoisotopic (exact) mass is 303 g/mol. The molecule has 120 valence electrons. The van der Waals surface area contributed by atoms with Crippen molar-refractivity contribution in [3.8, 4) is 0 Å². The number of carbonyl (C=O) groups is 2. The van der Waals surface area contributed by atoms with Crippen LogP contribution >= 0.6 is 0 Å². The normalized spacial score (nSPS) is 20.5. The largest absolute Gasteiger partial charge is 0.445 e. The fourth-order valence-corrected chi connectivity index (χ4v) is 2.94. The van der Waals surface area contributed by atoms with Crippen molar-refractivity contribution < 1.29 is 14.3 Å². The van der Waals surface area contributed by atoms with Crippen molar-refractivity contribution in [2.24, 2.45) is 5.41 Å². The standard InChI is InChI=1S/C18H25NO3/c1-14(20)11-16-9-10-18(2,3)13-19(16)17(21)22-12-15-7-5-4-6-8-15/h4-8,16H,9-13H2,1-3H3/t16-/m1/s1. The van der Waals surface area contributed by atoms with Crippen molar-refractivity contribution in [2.75, 3.05) is 6.54 Å². The summed E-state index contributed by atoms with van der Waals surface area (Å²) in [5, 5.41) is 0. The van der Waals surface area contributed by atoms with E-state index in [4.69, 9.17) is 4.74 Å². The molecule has 22 heavy (non-hydrogen) atoms. The molecule has 1 fully saturated rings. The second-order valence-corrected chi connectivity index (χ2v) is 6.93. The predicted octanol–water partition coefficient (Wildman–Crippen LogP) is 3.79. The number of likely N-dealkylation sites (tertiary alicyclic amines) is 1. The number of benzene rings is 1. The van der Waals surface area contributed by atoms with Crippen LogP contribution in [0.15, 0.2) is 30.3 Å². The number of ketones is 1. The molecule has 1 amide bonds. The summed E-state index contributed by atoms with van der Waals surface area (Å²) < 4.78 is 5.45. The van der Waals surface area contributed by atoms with E-state index in [1.807, 2.05) is 30.3 Å². The molecule has 0 spiro atoms. The van der Waals surface area contributed by atoms with Crippen LogP contribution in [-0.4, -0.2) is 29.4 Å². The number of rotatable bonds is 4. The van der Waals surface area contributed by atoms with Crippen LogP contribution in [0.3, 0.4) is 0 Å². The van der Waals surface area contributed by atoms with E-state index >= 15 is 0 Å². The molecule has 1 saturated heterocycles. The molecule has 4 nitrogen and oxygen atoms in total. The molecule has 1 aromatic rings. The summed E-state index contributed by atoms with van der Waals surface area (Å²) in [6, 6.07) is 9.61. The summed E-state index contributed by atoms with van der Waals surface area (Å²) in [4.78, 5) is 25.6. The lowest BCUT2D eigenvalue weighted by atomic mass is 9.80. The molecule has 4 heteroatoms. The molecule has 1 aliphatic rings. The van der Waals surface area contributed by atoms with Crippen LogP contribution in [0.25, 0.3) is 0 Å². The molecule has 0 aromatic heterocycles. The van der Waals surface area contributed by atoms with Gasteiger partial charge in [-0.3, -0.25) is 4.79 Å². The number of piperidine rings is 1. The van der Waals surface area contributed by atoms with Crippen molar-refractivity contribution in [3.63, 3.8) is 0 Å². The second kappa shape index (κ2) is 6.95. The van der Waals surface area contributed by atoms with Gasteiger partial charge in [0.2, 0.25) is 0 Å². The summed E-state index contributed by atoms with van der Waals surface area (Å²) in [7, 11) is 0. The van der Waals surface area contributed by atoms with Crippen molar-refractivity contribution in [1.82, 2.24) is 4.90 Å². The maximum Gasteiger partial charge on any atom is 0.410 e. The highest BCUT2D eigenvalue weighted by molar-refractivity contribution is 5.77. The molecule has 1 aromatic carbocycles. The number of Topliss-reactive ketones (excluding diaryl/α,β-unsaturated/α-hetero) is 1. The van der Waals surface area contributed by atoms with E-state index in [1.165, 1.54) is 0 Å². The first-order chi connectivity index (χ1) is 10.4. The maximum atomic E-state index is 12.4. The smallest absolute Gasteiger partial charge is 0.410 e. The lowest BCUT2D eigenvalue weighted by Crippen LogP contribution is -2.50. The van der Waals surface area contributed by atoms with Gasteiger partial charge in [0.15, 0.2) is 0 Å².